The smallest absolute Gasteiger partial charge is 0.303 e. The average molecular weight is 168 g/mol. The van der Waals surface area contributed by atoms with Gasteiger partial charge in [0.2, 0.25) is 0 Å². The number of hydrogen-bond acceptors (Lipinski definition) is 2. The maximum atomic E-state index is 10.6. The van der Waals surface area contributed by atoms with Crippen LogP contribution in [-0.2, 0) is 9.53 Å². The minimum Gasteiger partial charge on any atom is -0.449 e. The lowest BCUT2D eigenvalue weighted by Gasteiger charge is -2.06. The van der Waals surface area contributed by atoms with Gasteiger partial charge in [0.15, 0.2) is 6.10 Å². The predicted molar refractivity (Wildman–Crippen MR) is 48.5 cm³/mol. The van der Waals surface area contributed by atoms with Crippen LogP contribution in [0.1, 0.15) is 40.0 Å². The van der Waals surface area contributed by atoms with E-state index in [0.717, 1.165) is 19.3 Å². The summed E-state index contributed by atoms with van der Waals surface area (Å²) in [5, 5.41) is 0. The summed E-state index contributed by atoms with van der Waals surface area (Å²) in [6.45, 7) is 5.43. The maximum Gasteiger partial charge on any atom is 0.303 e. The molecule has 0 fully saturated rings. The van der Waals surface area contributed by atoms with Crippen molar-refractivity contribution in [3.05, 3.63) is 0 Å². The zero-order valence-corrected chi connectivity index (χ0v) is 8.02. The lowest BCUT2D eigenvalue weighted by molar-refractivity contribution is -0.143. The van der Waals surface area contributed by atoms with E-state index in [-0.39, 0.29) is 12.1 Å². The molecule has 0 amide bonds. The SMILES string of the molecule is CCCC#C[C@H](CC)OC(C)=O. The van der Waals surface area contributed by atoms with E-state index in [0.29, 0.717) is 0 Å². The highest BCUT2D eigenvalue weighted by Gasteiger charge is 2.03. The largest absolute Gasteiger partial charge is 0.449 e. The van der Waals surface area contributed by atoms with E-state index in [1.807, 2.05) is 6.92 Å². The topological polar surface area (TPSA) is 26.3 Å². The Bertz CT molecular complexity index is 186. The van der Waals surface area contributed by atoms with Crippen molar-refractivity contribution in [3.63, 3.8) is 0 Å². The van der Waals surface area contributed by atoms with Crippen molar-refractivity contribution in [3.8, 4) is 11.8 Å². The van der Waals surface area contributed by atoms with Gasteiger partial charge in [0.1, 0.15) is 0 Å². The second-order valence-corrected chi connectivity index (χ2v) is 2.58. The highest BCUT2D eigenvalue weighted by molar-refractivity contribution is 5.66. The van der Waals surface area contributed by atoms with Crippen LogP contribution in [0.25, 0.3) is 0 Å². The summed E-state index contributed by atoms with van der Waals surface area (Å²) in [5.74, 6) is 5.62. The summed E-state index contributed by atoms with van der Waals surface area (Å²) in [5.41, 5.74) is 0. The van der Waals surface area contributed by atoms with Gasteiger partial charge in [0, 0.05) is 13.3 Å². The molecule has 0 unspecified atom stereocenters. The Morgan fingerprint density at radius 2 is 2.17 bits per heavy atom. The molecule has 0 radical (unpaired) electrons. The number of ether oxygens (including phenoxy) is 1. The Labute approximate surface area is 74.3 Å². The monoisotopic (exact) mass is 168 g/mol. The van der Waals surface area contributed by atoms with Crippen LogP contribution in [0.5, 0.6) is 0 Å². The second-order valence-electron chi connectivity index (χ2n) is 2.58. The molecule has 0 aliphatic carbocycles. The first-order chi connectivity index (χ1) is 5.70. The molecule has 0 aromatic carbocycles. The standard InChI is InChI=1S/C10H16O2/c1-4-6-7-8-10(5-2)12-9(3)11/h10H,4-6H2,1-3H3/t10-/m0/s1. The van der Waals surface area contributed by atoms with Gasteiger partial charge in [-0.25, -0.2) is 0 Å². The molecule has 0 aromatic rings. The van der Waals surface area contributed by atoms with E-state index in [4.69, 9.17) is 4.74 Å². The molecule has 0 aliphatic heterocycles. The van der Waals surface area contributed by atoms with Crippen molar-refractivity contribution in [2.45, 2.75) is 46.1 Å². The molecule has 1 atom stereocenters. The van der Waals surface area contributed by atoms with E-state index >= 15 is 0 Å². The first-order valence-corrected chi connectivity index (χ1v) is 4.36. The third kappa shape index (κ3) is 5.79. The summed E-state index contributed by atoms with van der Waals surface area (Å²) in [6, 6.07) is 0. The third-order valence-electron chi connectivity index (χ3n) is 1.32. The molecule has 12 heavy (non-hydrogen) atoms. The van der Waals surface area contributed by atoms with Gasteiger partial charge in [-0.2, -0.15) is 0 Å². The summed E-state index contributed by atoms with van der Waals surface area (Å²) in [6.07, 6.45) is 2.46. The lowest BCUT2D eigenvalue weighted by atomic mass is 10.2. The van der Waals surface area contributed by atoms with Crippen molar-refractivity contribution >= 4 is 5.97 Å². The van der Waals surface area contributed by atoms with Crippen molar-refractivity contribution in [1.29, 1.82) is 0 Å². The molecule has 0 N–H and O–H groups in total. The van der Waals surface area contributed by atoms with Crippen LogP contribution >= 0.6 is 0 Å². The van der Waals surface area contributed by atoms with Gasteiger partial charge < -0.3 is 4.74 Å². The van der Waals surface area contributed by atoms with E-state index in [2.05, 4.69) is 18.8 Å². The quantitative estimate of drug-likeness (QED) is 0.476. The fourth-order valence-electron chi connectivity index (χ4n) is 0.726. The zero-order valence-electron chi connectivity index (χ0n) is 8.02. The van der Waals surface area contributed by atoms with Crippen LogP contribution in [0.15, 0.2) is 0 Å². The number of hydrogen-bond donors (Lipinski definition) is 0. The van der Waals surface area contributed by atoms with E-state index < -0.39 is 0 Å². The second kappa shape index (κ2) is 6.72. The van der Waals surface area contributed by atoms with E-state index in [9.17, 15) is 4.79 Å². The van der Waals surface area contributed by atoms with Crippen LogP contribution < -0.4 is 0 Å². The van der Waals surface area contributed by atoms with E-state index in [1.54, 1.807) is 0 Å². The zero-order chi connectivity index (χ0) is 9.40. The maximum absolute atomic E-state index is 10.6. The Balaban J connectivity index is 3.84. The number of carbonyl (C=O) groups is 1. The molecule has 2 nitrogen and oxygen atoms in total. The summed E-state index contributed by atoms with van der Waals surface area (Å²) < 4.78 is 4.93. The van der Waals surface area contributed by atoms with Crippen LogP contribution in [0.2, 0.25) is 0 Å². The molecule has 0 saturated carbocycles. The van der Waals surface area contributed by atoms with Gasteiger partial charge in [-0.1, -0.05) is 25.7 Å². The molecule has 0 aromatic heterocycles. The van der Waals surface area contributed by atoms with Crippen molar-refractivity contribution in [2.75, 3.05) is 0 Å². The molecule has 0 bridgehead atoms. The number of rotatable bonds is 3. The van der Waals surface area contributed by atoms with Crippen LogP contribution in [0, 0.1) is 11.8 Å². The Morgan fingerprint density at radius 3 is 2.58 bits per heavy atom. The predicted octanol–water partition coefficient (Wildman–Crippen LogP) is 2.13. The minimum absolute atomic E-state index is 0.214. The first kappa shape index (κ1) is 11.0. The molecule has 0 heterocycles. The van der Waals surface area contributed by atoms with Crippen molar-refractivity contribution < 1.29 is 9.53 Å². The van der Waals surface area contributed by atoms with Crippen LogP contribution in [0.3, 0.4) is 0 Å². The Hall–Kier alpha value is -0.970. The van der Waals surface area contributed by atoms with Crippen LogP contribution in [-0.4, -0.2) is 12.1 Å². The van der Waals surface area contributed by atoms with Crippen molar-refractivity contribution in [2.24, 2.45) is 0 Å². The minimum atomic E-state index is -0.257. The number of esters is 1. The van der Waals surface area contributed by atoms with Crippen molar-refractivity contribution in [1.82, 2.24) is 0 Å². The Morgan fingerprint density at radius 1 is 1.50 bits per heavy atom. The molecule has 2 heteroatoms. The first-order valence-electron chi connectivity index (χ1n) is 4.36. The van der Waals surface area contributed by atoms with Gasteiger partial charge in [0.25, 0.3) is 0 Å². The highest BCUT2D eigenvalue weighted by atomic mass is 16.5. The van der Waals surface area contributed by atoms with Gasteiger partial charge in [-0.3, -0.25) is 4.79 Å². The molecular formula is C10H16O2. The molecule has 0 aliphatic rings. The normalized spacial score (nSPS) is 11.2. The third-order valence-corrected chi connectivity index (χ3v) is 1.32. The highest BCUT2D eigenvalue weighted by Crippen LogP contribution is 1.96. The lowest BCUT2D eigenvalue weighted by Crippen LogP contribution is -2.12. The fraction of sp³-hybridized carbons (Fsp3) is 0.700. The summed E-state index contributed by atoms with van der Waals surface area (Å²) in [4.78, 5) is 10.6. The molecular weight excluding hydrogens is 152 g/mol. The molecule has 68 valence electrons. The summed E-state index contributed by atoms with van der Waals surface area (Å²) >= 11 is 0. The van der Waals surface area contributed by atoms with Gasteiger partial charge in [-0.05, 0) is 12.8 Å². The van der Waals surface area contributed by atoms with Gasteiger partial charge in [0.05, 0.1) is 0 Å². The van der Waals surface area contributed by atoms with E-state index in [1.165, 1.54) is 6.92 Å². The average Bonchev–Trinajstić information content (AvgIpc) is 2.02. The number of carbonyl (C=O) groups excluding carboxylic acids is 1. The van der Waals surface area contributed by atoms with Gasteiger partial charge >= 0.3 is 5.97 Å². The Kier molecular flexibility index (Phi) is 6.18. The van der Waals surface area contributed by atoms with Crippen LogP contribution in [0.4, 0.5) is 0 Å². The molecule has 0 spiro atoms. The molecule has 0 rings (SSSR count). The fourth-order valence-corrected chi connectivity index (χ4v) is 0.726. The molecule has 0 saturated heterocycles. The summed E-state index contributed by atoms with van der Waals surface area (Å²) in [7, 11) is 0. The van der Waals surface area contributed by atoms with Gasteiger partial charge in [-0.15, -0.1) is 0 Å². The number of unbranched alkanes of at least 4 members (excludes halogenated alkanes) is 1.